The van der Waals surface area contributed by atoms with E-state index in [4.69, 9.17) is 9.90 Å². The van der Waals surface area contributed by atoms with Gasteiger partial charge in [-0.15, -0.1) is 10.2 Å². The summed E-state index contributed by atoms with van der Waals surface area (Å²) in [7, 11) is 0. The van der Waals surface area contributed by atoms with Crippen LogP contribution in [0.1, 0.15) is 17.3 Å². The SMILES string of the molecule is CC(=O)O.O=C(N=Nc1c(O)[nH]c2ccc(I)cc12)c1ccc(Br)cc1. The van der Waals surface area contributed by atoms with Crippen LogP contribution in [-0.4, -0.2) is 27.1 Å². The van der Waals surface area contributed by atoms with E-state index in [1.54, 1.807) is 24.3 Å². The number of nitrogens with zero attached hydrogens (tertiary/aromatic N) is 2. The molecule has 7 nitrogen and oxygen atoms in total. The number of nitrogens with one attached hydrogen (secondary N) is 1. The van der Waals surface area contributed by atoms with Gasteiger partial charge in [-0.05, 0) is 65.1 Å². The van der Waals surface area contributed by atoms with E-state index in [1.165, 1.54) is 0 Å². The molecule has 1 aromatic heterocycles. The second-order valence-corrected chi connectivity index (χ2v) is 7.20. The number of aliphatic carboxylic acids is 1. The van der Waals surface area contributed by atoms with Crippen molar-refractivity contribution in [2.45, 2.75) is 6.92 Å². The maximum Gasteiger partial charge on any atom is 0.300 e. The van der Waals surface area contributed by atoms with Gasteiger partial charge in [-0.3, -0.25) is 9.59 Å². The number of aromatic amines is 1. The summed E-state index contributed by atoms with van der Waals surface area (Å²) in [6.45, 7) is 1.08. The summed E-state index contributed by atoms with van der Waals surface area (Å²) < 4.78 is 1.88. The van der Waals surface area contributed by atoms with Gasteiger partial charge in [-0.2, -0.15) is 0 Å². The van der Waals surface area contributed by atoms with Gasteiger partial charge in [-0.25, -0.2) is 0 Å². The number of carbonyl (C=O) groups excluding carboxylic acids is 1. The number of carboxylic acid groups (broad SMARTS) is 1. The molecule has 3 rings (SSSR count). The van der Waals surface area contributed by atoms with Crippen molar-refractivity contribution < 1.29 is 19.8 Å². The molecule has 0 aliphatic heterocycles. The van der Waals surface area contributed by atoms with Crippen LogP contribution in [0.5, 0.6) is 5.88 Å². The van der Waals surface area contributed by atoms with Crippen LogP contribution in [0.4, 0.5) is 5.69 Å². The topological polar surface area (TPSA) is 115 Å². The molecule has 2 aromatic carbocycles. The number of benzene rings is 2. The first-order valence-electron chi connectivity index (χ1n) is 7.19. The Morgan fingerprint density at radius 3 is 2.38 bits per heavy atom. The van der Waals surface area contributed by atoms with Crippen molar-refractivity contribution in [2.24, 2.45) is 10.2 Å². The fourth-order valence-corrected chi connectivity index (χ4v) is 2.74. The van der Waals surface area contributed by atoms with Crippen LogP contribution in [0.2, 0.25) is 0 Å². The van der Waals surface area contributed by atoms with Gasteiger partial charge >= 0.3 is 0 Å². The summed E-state index contributed by atoms with van der Waals surface area (Å²) in [6, 6.07) is 12.4. The molecule has 9 heteroatoms. The first kappa shape index (κ1) is 20.0. The zero-order valence-corrected chi connectivity index (χ0v) is 17.1. The number of carbonyl (C=O) groups is 2. The average Bonchev–Trinajstić information content (AvgIpc) is 2.87. The number of rotatable bonds is 2. The van der Waals surface area contributed by atoms with Gasteiger partial charge in [0.25, 0.3) is 11.9 Å². The molecule has 0 saturated heterocycles. The number of azo groups is 1. The number of H-pyrrole nitrogens is 1. The Balaban J connectivity index is 0.000000552. The smallest absolute Gasteiger partial charge is 0.300 e. The number of halogens is 2. The molecule has 0 atom stereocenters. The Morgan fingerprint density at radius 1 is 1.15 bits per heavy atom. The maximum absolute atomic E-state index is 12.0. The third kappa shape index (κ3) is 5.36. The van der Waals surface area contributed by atoms with E-state index < -0.39 is 11.9 Å². The molecule has 0 radical (unpaired) electrons. The molecular weight excluding hydrogens is 517 g/mol. The lowest BCUT2D eigenvalue weighted by Crippen LogP contribution is -1.92. The molecule has 134 valence electrons. The van der Waals surface area contributed by atoms with Gasteiger partial charge in [0.2, 0.25) is 5.88 Å². The zero-order valence-electron chi connectivity index (χ0n) is 13.4. The van der Waals surface area contributed by atoms with Crippen molar-refractivity contribution in [3.05, 3.63) is 56.1 Å². The second kappa shape index (κ2) is 8.90. The summed E-state index contributed by atoms with van der Waals surface area (Å²) >= 11 is 5.47. The van der Waals surface area contributed by atoms with E-state index in [9.17, 15) is 9.90 Å². The predicted octanol–water partition coefficient (Wildman–Crippen LogP) is 5.26. The summed E-state index contributed by atoms with van der Waals surface area (Å²) in [5.74, 6) is -1.41. The lowest BCUT2D eigenvalue weighted by Gasteiger charge is -1.95. The van der Waals surface area contributed by atoms with Gasteiger partial charge in [0.05, 0.1) is 5.52 Å². The number of aromatic hydroxyl groups is 1. The van der Waals surface area contributed by atoms with Crippen LogP contribution in [0, 0.1) is 3.57 Å². The summed E-state index contributed by atoms with van der Waals surface area (Å²) in [4.78, 5) is 23.8. The minimum atomic E-state index is -0.833. The molecule has 0 spiro atoms. The highest BCUT2D eigenvalue weighted by atomic mass is 127. The zero-order chi connectivity index (χ0) is 19.3. The Labute approximate surface area is 170 Å². The number of carboxylic acids is 1. The standard InChI is InChI=1S/C15H9BrIN3O2.C2H4O2/c16-9-3-1-8(2-4-9)14(21)20-19-13-11-7-10(17)5-6-12(11)18-15(13)22;1-2(3)4/h1-7,18,22H;1H3,(H,3,4). The molecule has 0 aliphatic rings. The predicted molar refractivity (Wildman–Crippen MR) is 109 cm³/mol. The summed E-state index contributed by atoms with van der Waals surface area (Å²) in [5.41, 5.74) is 1.43. The van der Waals surface area contributed by atoms with Crippen LogP contribution >= 0.6 is 38.5 Å². The van der Waals surface area contributed by atoms with Crippen LogP contribution in [0.25, 0.3) is 10.9 Å². The molecule has 26 heavy (non-hydrogen) atoms. The van der Waals surface area contributed by atoms with E-state index in [2.05, 4.69) is 53.7 Å². The lowest BCUT2D eigenvalue weighted by molar-refractivity contribution is -0.134. The van der Waals surface area contributed by atoms with E-state index in [-0.39, 0.29) is 11.6 Å². The van der Waals surface area contributed by atoms with Gasteiger partial charge in [0, 0.05) is 25.9 Å². The minimum absolute atomic E-state index is 0.107. The molecule has 0 bridgehead atoms. The number of aromatic nitrogens is 1. The fourth-order valence-electron chi connectivity index (χ4n) is 1.98. The molecular formula is C17H13BrIN3O4. The molecule has 3 aromatic rings. The van der Waals surface area contributed by atoms with Crippen molar-refractivity contribution in [3.63, 3.8) is 0 Å². The van der Waals surface area contributed by atoms with Crippen molar-refractivity contribution in [1.29, 1.82) is 0 Å². The average molecular weight is 530 g/mol. The summed E-state index contributed by atoms with van der Waals surface area (Å²) in [5, 5.41) is 25.7. The number of hydrogen-bond donors (Lipinski definition) is 3. The van der Waals surface area contributed by atoms with Crippen molar-refractivity contribution in [3.8, 4) is 5.88 Å². The molecule has 0 aliphatic carbocycles. The fraction of sp³-hybridized carbons (Fsp3) is 0.0588. The highest BCUT2D eigenvalue weighted by Gasteiger charge is 2.12. The minimum Gasteiger partial charge on any atom is -0.493 e. The molecule has 0 saturated carbocycles. The first-order chi connectivity index (χ1) is 12.3. The van der Waals surface area contributed by atoms with Crippen LogP contribution < -0.4 is 0 Å². The van der Waals surface area contributed by atoms with E-state index in [1.807, 2.05) is 18.2 Å². The molecule has 0 unspecified atom stereocenters. The Morgan fingerprint density at radius 2 is 1.77 bits per heavy atom. The van der Waals surface area contributed by atoms with Crippen molar-refractivity contribution in [2.75, 3.05) is 0 Å². The lowest BCUT2D eigenvalue weighted by atomic mass is 10.2. The number of amides is 1. The number of hydrogen-bond acceptors (Lipinski definition) is 4. The van der Waals surface area contributed by atoms with Crippen LogP contribution in [0.15, 0.2) is 57.2 Å². The molecule has 1 heterocycles. The molecule has 3 N–H and O–H groups in total. The third-order valence-electron chi connectivity index (χ3n) is 3.05. The molecule has 1 amide bonds. The quantitative estimate of drug-likeness (QED) is 0.310. The highest BCUT2D eigenvalue weighted by molar-refractivity contribution is 14.1. The second-order valence-electron chi connectivity index (χ2n) is 5.04. The monoisotopic (exact) mass is 529 g/mol. The number of fused-ring (bicyclic) bond motifs is 1. The van der Waals surface area contributed by atoms with E-state index in [0.717, 1.165) is 25.9 Å². The Kier molecular flexibility index (Phi) is 6.86. The highest BCUT2D eigenvalue weighted by Crippen LogP contribution is 2.36. The summed E-state index contributed by atoms with van der Waals surface area (Å²) in [6.07, 6.45) is 0. The van der Waals surface area contributed by atoms with Crippen molar-refractivity contribution >= 4 is 67.0 Å². The van der Waals surface area contributed by atoms with Crippen LogP contribution in [-0.2, 0) is 4.79 Å². The third-order valence-corrected chi connectivity index (χ3v) is 4.25. The molecule has 0 fully saturated rings. The van der Waals surface area contributed by atoms with Crippen molar-refractivity contribution in [1.82, 2.24) is 4.98 Å². The Bertz CT molecular complexity index is 980. The first-order valence-corrected chi connectivity index (χ1v) is 9.06. The Hall–Kier alpha value is -2.27. The van der Waals surface area contributed by atoms with Gasteiger partial charge in [0.15, 0.2) is 5.69 Å². The van der Waals surface area contributed by atoms with Gasteiger partial charge in [0.1, 0.15) is 0 Å². The maximum atomic E-state index is 12.0. The van der Waals surface area contributed by atoms with Gasteiger partial charge in [-0.1, -0.05) is 15.9 Å². The largest absolute Gasteiger partial charge is 0.493 e. The normalized spacial score (nSPS) is 10.6. The van der Waals surface area contributed by atoms with E-state index in [0.29, 0.717) is 5.56 Å². The van der Waals surface area contributed by atoms with Gasteiger partial charge < -0.3 is 15.2 Å². The van der Waals surface area contributed by atoms with E-state index >= 15 is 0 Å². The van der Waals surface area contributed by atoms with Crippen LogP contribution in [0.3, 0.4) is 0 Å².